The van der Waals surface area contributed by atoms with Gasteiger partial charge >= 0.3 is 0 Å². The summed E-state index contributed by atoms with van der Waals surface area (Å²) >= 11 is 7.07. The summed E-state index contributed by atoms with van der Waals surface area (Å²) in [5.74, 6) is -0.0600. The average Bonchev–Trinajstić information content (AvgIpc) is 2.89. The van der Waals surface area contributed by atoms with Crippen LogP contribution < -0.4 is 5.32 Å². The summed E-state index contributed by atoms with van der Waals surface area (Å²) in [7, 11) is 1.98. The van der Waals surface area contributed by atoms with Crippen LogP contribution in [0.1, 0.15) is 22.3 Å². The van der Waals surface area contributed by atoms with Gasteiger partial charge in [-0.15, -0.1) is 0 Å². The summed E-state index contributed by atoms with van der Waals surface area (Å²) < 4.78 is 3.87. The first-order valence-corrected chi connectivity index (χ1v) is 8.11. The Morgan fingerprint density at radius 3 is 2.52 bits per heavy atom. The second-order valence-corrected chi connectivity index (χ2v) is 7.00. The van der Waals surface area contributed by atoms with Gasteiger partial charge in [-0.3, -0.25) is 4.79 Å². The molecule has 5 heteroatoms. The Bertz CT molecular complexity index is 803. The molecule has 1 amide bonds. The number of halogens is 2. The number of aromatic nitrogens is 1. The highest BCUT2D eigenvalue weighted by atomic mass is 79.9. The van der Waals surface area contributed by atoms with E-state index in [9.17, 15) is 4.79 Å². The number of aryl methyl sites for hydroxylation is 2. The van der Waals surface area contributed by atoms with Crippen LogP contribution in [0, 0.1) is 13.8 Å². The fourth-order valence-corrected chi connectivity index (χ4v) is 3.91. The average molecular weight is 410 g/mol. The molecule has 0 saturated heterocycles. The van der Waals surface area contributed by atoms with Gasteiger partial charge in [-0.05, 0) is 58.6 Å². The minimum Gasteiger partial charge on any atom is -0.356 e. The lowest BCUT2D eigenvalue weighted by Crippen LogP contribution is -2.03. The van der Waals surface area contributed by atoms with Gasteiger partial charge in [0.2, 0.25) is 0 Å². The van der Waals surface area contributed by atoms with Crippen LogP contribution in [-0.2, 0) is 11.8 Å². The molecule has 0 saturated carbocycles. The molecule has 0 atom stereocenters. The van der Waals surface area contributed by atoms with Crippen LogP contribution in [0.4, 0.5) is 5.69 Å². The molecule has 2 aromatic rings. The van der Waals surface area contributed by atoms with Crippen molar-refractivity contribution in [1.82, 2.24) is 4.57 Å². The zero-order valence-corrected chi connectivity index (χ0v) is 15.1. The number of fused-ring (bicyclic) bond motifs is 1. The first kappa shape index (κ1) is 14.6. The van der Waals surface area contributed by atoms with Crippen molar-refractivity contribution in [2.75, 3.05) is 5.32 Å². The maximum Gasteiger partial charge on any atom is 0.256 e. The van der Waals surface area contributed by atoms with Gasteiger partial charge in [0.15, 0.2) is 0 Å². The van der Waals surface area contributed by atoms with Crippen LogP contribution in [0.25, 0.3) is 11.6 Å². The number of benzene rings is 1. The number of hydrogen-bond acceptors (Lipinski definition) is 1. The van der Waals surface area contributed by atoms with E-state index in [0.29, 0.717) is 5.57 Å². The van der Waals surface area contributed by atoms with Crippen LogP contribution in [-0.4, -0.2) is 10.5 Å². The molecule has 1 aliphatic rings. The topological polar surface area (TPSA) is 34.0 Å². The Morgan fingerprint density at radius 2 is 1.90 bits per heavy atom. The molecule has 0 spiro atoms. The Morgan fingerprint density at radius 1 is 1.19 bits per heavy atom. The normalized spacial score (nSPS) is 15.5. The summed E-state index contributed by atoms with van der Waals surface area (Å²) in [5.41, 5.74) is 5.79. The molecule has 0 aliphatic carbocycles. The molecule has 1 N–H and O–H groups in total. The predicted octanol–water partition coefficient (Wildman–Crippen LogP) is 4.66. The number of hydrogen-bond donors (Lipinski definition) is 1. The number of nitrogens with zero attached hydrogens (tertiary/aromatic N) is 1. The van der Waals surface area contributed by atoms with Crippen molar-refractivity contribution in [3.8, 4) is 0 Å². The zero-order valence-electron chi connectivity index (χ0n) is 11.9. The Hall–Kier alpha value is -1.33. The standard InChI is InChI=1S/C16H14Br2N2O/c1-8-6-20(3)7-10(8)4-11-14-9(2)12(17)5-13(18)15(14)19-16(11)21/h4-7H,1-3H3,(H,19,21). The van der Waals surface area contributed by atoms with E-state index in [4.69, 9.17) is 0 Å². The van der Waals surface area contributed by atoms with E-state index in [1.165, 1.54) is 0 Å². The summed E-state index contributed by atoms with van der Waals surface area (Å²) in [5, 5.41) is 2.95. The highest BCUT2D eigenvalue weighted by Crippen LogP contribution is 2.43. The third kappa shape index (κ3) is 2.38. The van der Waals surface area contributed by atoms with Gasteiger partial charge in [-0.1, -0.05) is 15.9 Å². The van der Waals surface area contributed by atoms with Gasteiger partial charge < -0.3 is 9.88 Å². The van der Waals surface area contributed by atoms with Crippen molar-refractivity contribution >= 4 is 55.1 Å². The molecule has 108 valence electrons. The first-order chi connectivity index (χ1) is 9.88. The van der Waals surface area contributed by atoms with Gasteiger partial charge in [0, 0.05) is 39.5 Å². The van der Waals surface area contributed by atoms with Gasteiger partial charge in [0.05, 0.1) is 5.69 Å². The number of carbonyl (C=O) groups excluding carboxylic acids is 1. The molecule has 1 aliphatic heterocycles. The van der Waals surface area contributed by atoms with Gasteiger partial charge in [0.25, 0.3) is 5.91 Å². The maximum atomic E-state index is 12.3. The van der Waals surface area contributed by atoms with Crippen molar-refractivity contribution in [3.05, 3.63) is 49.7 Å². The molecular weight excluding hydrogens is 396 g/mol. The molecule has 0 radical (unpaired) electrons. The van der Waals surface area contributed by atoms with E-state index in [1.54, 1.807) is 0 Å². The zero-order chi connectivity index (χ0) is 15.3. The second-order valence-electron chi connectivity index (χ2n) is 5.29. The lowest BCUT2D eigenvalue weighted by Gasteiger charge is -2.08. The molecule has 1 aromatic heterocycles. The van der Waals surface area contributed by atoms with E-state index in [-0.39, 0.29) is 5.91 Å². The number of rotatable bonds is 1. The van der Waals surface area contributed by atoms with Gasteiger partial charge in [-0.25, -0.2) is 0 Å². The maximum absolute atomic E-state index is 12.3. The van der Waals surface area contributed by atoms with Crippen LogP contribution in [0.15, 0.2) is 27.4 Å². The number of carbonyl (C=O) groups is 1. The molecule has 3 nitrogen and oxygen atoms in total. The minimum absolute atomic E-state index is 0.0600. The SMILES string of the molecule is Cc1cn(C)cc1C=C1C(=O)Nc2c(Br)cc(Br)c(C)c21. The fourth-order valence-electron chi connectivity index (χ4n) is 2.65. The third-order valence-electron chi connectivity index (χ3n) is 3.72. The smallest absolute Gasteiger partial charge is 0.256 e. The monoisotopic (exact) mass is 408 g/mol. The van der Waals surface area contributed by atoms with E-state index >= 15 is 0 Å². The third-order valence-corrected chi connectivity index (χ3v) is 5.17. The van der Waals surface area contributed by atoms with Crippen LogP contribution >= 0.6 is 31.9 Å². The first-order valence-electron chi connectivity index (χ1n) is 6.53. The van der Waals surface area contributed by atoms with Crippen molar-refractivity contribution in [2.24, 2.45) is 7.05 Å². The highest BCUT2D eigenvalue weighted by molar-refractivity contribution is 9.11. The van der Waals surface area contributed by atoms with E-state index < -0.39 is 0 Å². The summed E-state index contributed by atoms with van der Waals surface area (Å²) in [6.45, 7) is 4.06. The van der Waals surface area contributed by atoms with Crippen LogP contribution in [0.2, 0.25) is 0 Å². The Balaban J connectivity index is 2.24. The van der Waals surface area contributed by atoms with E-state index in [2.05, 4.69) is 37.2 Å². The van der Waals surface area contributed by atoms with Crippen LogP contribution in [0.5, 0.6) is 0 Å². The summed E-state index contributed by atoms with van der Waals surface area (Å²) in [6.07, 6.45) is 6.03. The van der Waals surface area contributed by atoms with Crippen molar-refractivity contribution in [3.63, 3.8) is 0 Å². The summed E-state index contributed by atoms with van der Waals surface area (Å²) in [4.78, 5) is 12.3. The number of anilines is 1. The largest absolute Gasteiger partial charge is 0.356 e. The summed E-state index contributed by atoms with van der Waals surface area (Å²) in [6, 6.07) is 1.96. The van der Waals surface area contributed by atoms with Crippen molar-refractivity contribution in [2.45, 2.75) is 13.8 Å². The molecule has 0 unspecified atom stereocenters. The van der Waals surface area contributed by atoms with Gasteiger partial charge in [-0.2, -0.15) is 0 Å². The highest BCUT2D eigenvalue weighted by Gasteiger charge is 2.29. The molecule has 1 aromatic carbocycles. The van der Waals surface area contributed by atoms with Gasteiger partial charge in [0.1, 0.15) is 0 Å². The number of amides is 1. The lowest BCUT2D eigenvalue weighted by molar-refractivity contribution is -0.110. The van der Waals surface area contributed by atoms with Crippen molar-refractivity contribution in [1.29, 1.82) is 0 Å². The Kier molecular flexibility index (Phi) is 3.58. The fraction of sp³-hybridized carbons (Fsp3) is 0.188. The molecule has 0 fully saturated rings. The lowest BCUT2D eigenvalue weighted by atomic mass is 9.99. The Labute approximate surface area is 140 Å². The quantitative estimate of drug-likeness (QED) is 0.682. The molecule has 3 rings (SSSR count). The van der Waals surface area contributed by atoms with E-state index in [0.717, 1.165) is 36.9 Å². The predicted molar refractivity (Wildman–Crippen MR) is 93.2 cm³/mol. The second kappa shape index (κ2) is 5.14. The molecule has 0 bridgehead atoms. The minimum atomic E-state index is -0.0600. The van der Waals surface area contributed by atoms with E-state index in [1.807, 2.05) is 50.0 Å². The van der Waals surface area contributed by atoms with Crippen LogP contribution in [0.3, 0.4) is 0 Å². The molecule has 21 heavy (non-hydrogen) atoms. The van der Waals surface area contributed by atoms with Crippen molar-refractivity contribution < 1.29 is 4.79 Å². The molecular formula is C16H14Br2N2O. The number of nitrogens with one attached hydrogen (secondary N) is 1. The molecule has 2 heterocycles.